The lowest BCUT2D eigenvalue weighted by atomic mass is 9.98. The van der Waals surface area contributed by atoms with Gasteiger partial charge in [0.1, 0.15) is 0 Å². The molecule has 0 bridgehead atoms. The first-order valence-electron chi connectivity index (χ1n) is 6.79. The number of amides is 2. The Balaban J connectivity index is 1.81. The minimum atomic E-state index is -0.342. The summed E-state index contributed by atoms with van der Waals surface area (Å²) in [5, 5.41) is 0. The Labute approximate surface area is 131 Å². The Morgan fingerprint density at radius 1 is 1.05 bits per heavy atom. The minimum absolute atomic E-state index is 0.103. The Hall–Kier alpha value is -1.94. The van der Waals surface area contributed by atoms with Crippen LogP contribution in [0.2, 0.25) is 0 Å². The van der Waals surface area contributed by atoms with Crippen LogP contribution >= 0.6 is 15.9 Å². The van der Waals surface area contributed by atoms with E-state index >= 15 is 0 Å². The molecule has 3 nitrogen and oxygen atoms in total. The summed E-state index contributed by atoms with van der Waals surface area (Å²) >= 11 is 3.40. The minimum Gasteiger partial charge on any atom is -0.278 e. The number of benzene rings is 2. The van der Waals surface area contributed by atoms with Crippen molar-refractivity contribution in [2.45, 2.75) is 18.9 Å². The summed E-state index contributed by atoms with van der Waals surface area (Å²) < 4.78 is 0.943. The van der Waals surface area contributed by atoms with Crippen molar-refractivity contribution in [3.8, 4) is 0 Å². The smallest absolute Gasteiger partial charge is 0.237 e. The zero-order chi connectivity index (χ0) is 14.8. The van der Waals surface area contributed by atoms with Gasteiger partial charge in [-0.3, -0.25) is 14.5 Å². The summed E-state index contributed by atoms with van der Waals surface area (Å²) in [4.78, 5) is 26.0. The summed E-state index contributed by atoms with van der Waals surface area (Å²) in [7, 11) is 0. The van der Waals surface area contributed by atoms with Crippen molar-refractivity contribution < 1.29 is 9.59 Å². The Morgan fingerprint density at radius 2 is 1.81 bits per heavy atom. The molecule has 106 valence electrons. The first-order valence-corrected chi connectivity index (χ1v) is 7.58. The average molecular weight is 344 g/mol. The SMILES string of the molecule is O=C1CC(c2ccccc2)C(=O)N1Cc1cccc(Br)c1. The van der Waals surface area contributed by atoms with Crippen LogP contribution in [0.1, 0.15) is 23.5 Å². The topological polar surface area (TPSA) is 37.4 Å². The molecule has 1 aliphatic heterocycles. The number of halogens is 1. The molecule has 2 aromatic carbocycles. The second kappa shape index (κ2) is 5.82. The highest BCUT2D eigenvalue weighted by Crippen LogP contribution is 2.30. The lowest BCUT2D eigenvalue weighted by Gasteiger charge is -2.15. The number of likely N-dealkylation sites (tertiary alicyclic amines) is 1. The molecule has 1 saturated heterocycles. The monoisotopic (exact) mass is 343 g/mol. The Kier molecular flexibility index (Phi) is 3.88. The number of carbonyl (C=O) groups excluding carboxylic acids is 2. The van der Waals surface area contributed by atoms with E-state index in [0.717, 1.165) is 15.6 Å². The molecule has 1 heterocycles. The third kappa shape index (κ3) is 2.90. The van der Waals surface area contributed by atoms with Crippen molar-refractivity contribution in [2.24, 2.45) is 0 Å². The van der Waals surface area contributed by atoms with Gasteiger partial charge in [-0.2, -0.15) is 0 Å². The van der Waals surface area contributed by atoms with Gasteiger partial charge in [0, 0.05) is 10.9 Å². The van der Waals surface area contributed by atoms with E-state index < -0.39 is 0 Å². The van der Waals surface area contributed by atoms with Gasteiger partial charge >= 0.3 is 0 Å². The lowest BCUT2D eigenvalue weighted by molar-refractivity contribution is -0.139. The molecule has 1 unspecified atom stereocenters. The van der Waals surface area contributed by atoms with Crippen LogP contribution in [0.15, 0.2) is 59.1 Å². The van der Waals surface area contributed by atoms with Gasteiger partial charge in [0.15, 0.2) is 0 Å². The largest absolute Gasteiger partial charge is 0.278 e. The summed E-state index contributed by atoms with van der Waals surface area (Å²) in [6.45, 7) is 0.334. The molecule has 2 aromatic rings. The van der Waals surface area contributed by atoms with E-state index in [1.165, 1.54) is 4.90 Å². The van der Waals surface area contributed by atoms with E-state index in [0.29, 0.717) is 6.54 Å². The van der Waals surface area contributed by atoms with Gasteiger partial charge in [-0.05, 0) is 23.3 Å². The number of nitrogens with zero attached hydrogens (tertiary/aromatic N) is 1. The zero-order valence-corrected chi connectivity index (χ0v) is 12.9. The highest BCUT2D eigenvalue weighted by atomic mass is 79.9. The van der Waals surface area contributed by atoms with Crippen LogP contribution in [0.4, 0.5) is 0 Å². The maximum atomic E-state index is 12.5. The molecule has 21 heavy (non-hydrogen) atoms. The first-order chi connectivity index (χ1) is 10.1. The summed E-state index contributed by atoms with van der Waals surface area (Å²) in [5.41, 5.74) is 1.85. The predicted octanol–water partition coefficient (Wildman–Crippen LogP) is 3.49. The normalized spacial score (nSPS) is 18.3. The van der Waals surface area contributed by atoms with Crippen LogP contribution in [0, 0.1) is 0 Å². The van der Waals surface area contributed by atoms with Gasteiger partial charge in [0.2, 0.25) is 11.8 Å². The molecule has 0 aliphatic carbocycles. The average Bonchev–Trinajstić information content (AvgIpc) is 2.76. The van der Waals surface area contributed by atoms with Crippen molar-refractivity contribution in [2.75, 3.05) is 0 Å². The van der Waals surface area contributed by atoms with Crippen molar-refractivity contribution in [3.05, 3.63) is 70.2 Å². The quantitative estimate of drug-likeness (QED) is 0.800. The van der Waals surface area contributed by atoms with Crippen LogP contribution in [-0.4, -0.2) is 16.7 Å². The second-order valence-corrected chi connectivity index (χ2v) is 6.03. The third-order valence-corrected chi connectivity index (χ3v) is 4.17. The molecule has 4 heteroatoms. The van der Waals surface area contributed by atoms with Crippen molar-refractivity contribution in [1.29, 1.82) is 0 Å². The lowest BCUT2D eigenvalue weighted by Crippen LogP contribution is -2.29. The van der Waals surface area contributed by atoms with E-state index in [2.05, 4.69) is 15.9 Å². The molecule has 0 N–H and O–H groups in total. The zero-order valence-electron chi connectivity index (χ0n) is 11.3. The Morgan fingerprint density at radius 3 is 2.52 bits per heavy atom. The van der Waals surface area contributed by atoms with Gasteiger partial charge in [-0.25, -0.2) is 0 Å². The predicted molar refractivity (Wildman–Crippen MR) is 83.5 cm³/mol. The highest BCUT2D eigenvalue weighted by molar-refractivity contribution is 9.10. The van der Waals surface area contributed by atoms with Gasteiger partial charge in [0.25, 0.3) is 0 Å². The van der Waals surface area contributed by atoms with Gasteiger partial charge in [-0.15, -0.1) is 0 Å². The standard InChI is InChI=1S/C17H14BrNO2/c18-14-8-4-5-12(9-14)11-19-16(20)10-15(17(19)21)13-6-2-1-3-7-13/h1-9,15H,10-11H2. The maximum absolute atomic E-state index is 12.5. The molecule has 2 amide bonds. The molecular formula is C17H14BrNO2. The van der Waals surface area contributed by atoms with Crippen molar-refractivity contribution in [1.82, 2.24) is 4.90 Å². The van der Waals surface area contributed by atoms with Crippen LogP contribution in [0.3, 0.4) is 0 Å². The van der Waals surface area contributed by atoms with Crippen molar-refractivity contribution >= 4 is 27.7 Å². The Bertz CT molecular complexity index is 684. The molecule has 0 aromatic heterocycles. The molecule has 1 aliphatic rings. The molecule has 1 atom stereocenters. The molecule has 3 rings (SSSR count). The summed E-state index contributed by atoms with van der Waals surface area (Å²) in [5.74, 6) is -0.550. The number of hydrogen-bond acceptors (Lipinski definition) is 2. The number of carbonyl (C=O) groups is 2. The van der Waals surface area contributed by atoms with E-state index in [4.69, 9.17) is 0 Å². The van der Waals surface area contributed by atoms with Crippen molar-refractivity contribution in [3.63, 3.8) is 0 Å². The fraction of sp³-hybridized carbons (Fsp3) is 0.176. The molecule has 1 fully saturated rings. The molecular weight excluding hydrogens is 330 g/mol. The fourth-order valence-corrected chi connectivity index (χ4v) is 3.06. The maximum Gasteiger partial charge on any atom is 0.237 e. The van der Waals surface area contributed by atoms with Crippen LogP contribution < -0.4 is 0 Å². The number of imide groups is 1. The van der Waals surface area contributed by atoms with Gasteiger partial charge < -0.3 is 0 Å². The van der Waals surface area contributed by atoms with E-state index in [1.807, 2.05) is 54.6 Å². The number of rotatable bonds is 3. The highest BCUT2D eigenvalue weighted by Gasteiger charge is 2.39. The van der Waals surface area contributed by atoms with E-state index in [1.54, 1.807) is 0 Å². The summed E-state index contributed by atoms with van der Waals surface area (Å²) in [6.07, 6.45) is 0.261. The fourth-order valence-electron chi connectivity index (χ4n) is 2.61. The number of hydrogen-bond donors (Lipinski definition) is 0. The van der Waals surface area contributed by atoms with Crippen LogP contribution in [-0.2, 0) is 16.1 Å². The molecule has 0 spiro atoms. The second-order valence-electron chi connectivity index (χ2n) is 5.12. The van der Waals surface area contributed by atoms with Gasteiger partial charge in [-0.1, -0.05) is 58.4 Å². The molecule has 0 saturated carbocycles. The summed E-state index contributed by atoms with van der Waals surface area (Å²) in [6, 6.07) is 17.2. The first kappa shape index (κ1) is 14.0. The van der Waals surface area contributed by atoms with E-state index in [-0.39, 0.29) is 24.2 Å². The van der Waals surface area contributed by atoms with E-state index in [9.17, 15) is 9.59 Å². The van der Waals surface area contributed by atoms with Crippen LogP contribution in [0.5, 0.6) is 0 Å². The van der Waals surface area contributed by atoms with Crippen LogP contribution in [0.25, 0.3) is 0 Å². The molecule has 0 radical (unpaired) electrons. The van der Waals surface area contributed by atoms with Gasteiger partial charge in [0.05, 0.1) is 12.5 Å². The third-order valence-electron chi connectivity index (χ3n) is 3.68.